The third kappa shape index (κ3) is 4.83. The first kappa shape index (κ1) is 16.0. The largest absolute Gasteiger partial charge is 0.366 e. The molecule has 21 heavy (non-hydrogen) atoms. The normalized spacial score (nSPS) is 10.8. The van der Waals surface area contributed by atoms with Gasteiger partial charge >= 0.3 is 0 Å². The minimum absolute atomic E-state index is 0.879. The second kappa shape index (κ2) is 8.15. The van der Waals surface area contributed by atoms with Crippen molar-refractivity contribution < 1.29 is 0 Å². The van der Waals surface area contributed by atoms with E-state index >= 15 is 0 Å². The van der Waals surface area contributed by atoms with Gasteiger partial charge in [0.05, 0.1) is 12.2 Å². The lowest BCUT2D eigenvalue weighted by Gasteiger charge is -2.22. The maximum absolute atomic E-state index is 4.73. The molecular formula is C17H25N3S. The van der Waals surface area contributed by atoms with Gasteiger partial charge in [-0.25, -0.2) is 4.98 Å². The van der Waals surface area contributed by atoms with E-state index in [0.717, 1.165) is 38.3 Å². The molecule has 0 aliphatic heterocycles. The minimum atomic E-state index is 0.879. The highest BCUT2D eigenvalue weighted by atomic mass is 32.1. The molecule has 1 aromatic carbocycles. The summed E-state index contributed by atoms with van der Waals surface area (Å²) >= 11 is 1.75. The second-order valence-corrected chi connectivity index (χ2v) is 6.20. The highest BCUT2D eigenvalue weighted by Crippen LogP contribution is 2.19. The fourth-order valence-corrected chi connectivity index (χ4v) is 2.97. The van der Waals surface area contributed by atoms with E-state index in [-0.39, 0.29) is 0 Å². The molecule has 4 heteroatoms. The van der Waals surface area contributed by atoms with E-state index < -0.39 is 0 Å². The number of nitrogens with one attached hydrogen (secondary N) is 1. The van der Waals surface area contributed by atoms with E-state index in [1.807, 2.05) is 0 Å². The molecule has 0 radical (unpaired) electrons. The van der Waals surface area contributed by atoms with Crippen molar-refractivity contribution in [3.05, 3.63) is 45.9 Å². The van der Waals surface area contributed by atoms with Gasteiger partial charge in [-0.3, -0.25) is 0 Å². The lowest BCUT2D eigenvalue weighted by molar-refractivity contribution is 0.670. The predicted octanol–water partition coefficient (Wildman–Crippen LogP) is 3.98. The number of anilines is 1. The van der Waals surface area contributed by atoms with Crippen LogP contribution >= 0.6 is 11.3 Å². The Kier molecular flexibility index (Phi) is 6.21. The van der Waals surface area contributed by atoms with Crippen LogP contribution in [0.1, 0.15) is 36.5 Å². The summed E-state index contributed by atoms with van der Waals surface area (Å²) in [5.41, 5.74) is 3.73. The number of rotatable bonds is 8. The summed E-state index contributed by atoms with van der Waals surface area (Å²) in [4.78, 5) is 7.09. The summed E-state index contributed by atoms with van der Waals surface area (Å²) in [7, 11) is 0. The highest BCUT2D eigenvalue weighted by molar-refractivity contribution is 7.09. The van der Waals surface area contributed by atoms with E-state index in [1.165, 1.54) is 16.3 Å². The first-order valence-corrected chi connectivity index (χ1v) is 8.56. The monoisotopic (exact) mass is 303 g/mol. The number of thiazole rings is 1. The Morgan fingerprint density at radius 3 is 2.62 bits per heavy atom. The molecule has 1 heterocycles. The zero-order valence-electron chi connectivity index (χ0n) is 13.2. The lowest BCUT2D eigenvalue weighted by Crippen LogP contribution is -2.22. The van der Waals surface area contributed by atoms with Crippen molar-refractivity contribution in [3.63, 3.8) is 0 Å². The highest BCUT2D eigenvalue weighted by Gasteiger charge is 2.08. The average molecular weight is 303 g/mol. The summed E-state index contributed by atoms with van der Waals surface area (Å²) in [6, 6.07) is 8.71. The van der Waals surface area contributed by atoms with Gasteiger partial charge in [0.15, 0.2) is 0 Å². The Morgan fingerprint density at radius 2 is 1.95 bits per heavy atom. The number of hydrogen-bond acceptors (Lipinski definition) is 4. The molecule has 2 rings (SSSR count). The third-order valence-corrected chi connectivity index (χ3v) is 4.33. The van der Waals surface area contributed by atoms with Crippen LogP contribution in [-0.2, 0) is 13.1 Å². The maximum atomic E-state index is 4.73. The molecule has 114 valence electrons. The van der Waals surface area contributed by atoms with Crippen LogP contribution in [0.25, 0.3) is 0 Å². The van der Waals surface area contributed by atoms with Crippen molar-refractivity contribution >= 4 is 17.0 Å². The first-order valence-electron chi connectivity index (χ1n) is 7.68. The number of hydrogen-bond donors (Lipinski definition) is 1. The van der Waals surface area contributed by atoms with E-state index in [4.69, 9.17) is 4.98 Å². The van der Waals surface area contributed by atoms with Crippen LogP contribution in [0.5, 0.6) is 0 Å². The van der Waals surface area contributed by atoms with Gasteiger partial charge in [0.2, 0.25) is 0 Å². The fourth-order valence-electron chi connectivity index (χ4n) is 2.21. The van der Waals surface area contributed by atoms with Crippen molar-refractivity contribution in [2.45, 2.75) is 40.3 Å². The summed E-state index contributed by atoms with van der Waals surface area (Å²) in [6.45, 7) is 10.3. The third-order valence-electron chi connectivity index (χ3n) is 3.44. The van der Waals surface area contributed by atoms with Gasteiger partial charge in [-0.2, -0.15) is 0 Å². The smallest absolute Gasteiger partial charge is 0.107 e. The summed E-state index contributed by atoms with van der Waals surface area (Å²) < 4.78 is 0. The SMILES string of the molecule is CCCNCc1nc(CN(CC)c2ccc(C)cc2)cs1. The molecule has 2 aromatic rings. The second-order valence-electron chi connectivity index (χ2n) is 5.26. The van der Waals surface area contributed by atoms with Crippen molar-refractivity contribution in [3.8, 4) is 0 Å². The van der Waals surface area contributed by atoms with Gasteiger partial charge in [0.25, 0.3) is 0 Å². The van der Waals surface area contributed by atoms with Gasteiger partial charge < -0.3 is 10.2 Å². The van der Waals surface area contributed by atoms with Crippen molar-refractivity contribution in [2.75, 3.05) is 18.0 Å². The van der Waals surface area contributed by atoms with Crippen molar-refractivity contribution in [1.29, 1.82) is 0 Å². The van der Waals surface area contributed by atoms with E-state index in [9.17, 15) is 0 Å². The molecule has 0 aliphatic carbocycles. The van der Waals surface area contributed by atoms with Gasteiger partial charge in [-0.1, -0.05) is 24.6 Å². The quantitative estimate of drug-likeness (QED) is 0.748. The lowest BCUT2D eigenvalue weighted by atomic mass is 10.2. The first-order chi connectivity index (χ1) is 10.2. The van der Waals surface area contributed by atoms with Crippen LogP contribution in [0.3, 0.4) is 0 Å². The van der Waals surface area contributed by atoms with E-state index in [1.54, 1.807) is 11.3 Å². The van der Waals surface area contributed by atoms with Crippen LogP contribution in [0.4, 0.5) is 5.69 Å². The number of benzene rings is 1. The Balaban J connectivity index is 1.97. The van der Waals surface area contributed by atoms with Gasteiger partial charge in [0, 0.05) is 24.2 Å². The van der Waals surface area contributed by atoms with Crippen LogP contribution in [0, 0.1) is 6.92 Å². The van der Waals surface area contributed by atoms with Gasteiger partial charge in [-0.05, 0) is 38.9 Å². The zero-order valence-corrected chi connectivity index (χ0v) is 14.0. The van der Waals surface area contributed by atoms with Gasteiger partial charge in [0.1, 0.15) is 5.01 Å². The predicted molar refractivity (Wildman–Crippen MR) is 92.0 cm³/mol. The molecule has 0 atom stereocenters. The molecule has 0 aliphatic rings. The Bertz CT molecular complexity index is 533. The summed E-state index contributed by atoms with van der Waals surface area (Å²) in [5.74, 6) is 0. The summed E-state index contributed by atoms with van der Waals surface area (Å²) in [5, 5.41) is 6.76. The number of nitrogens with zero attached hydrogens (tertiary/aromatic N) is 2. The minimum Gasteiger partial charge on any atom is -0.366 e. The molecule has 0 bridgehead atoms. The van der Waals surface area contributed by atoms with E-state index in [2.05, 4.69) is 60.6 Å². The molecule has 1 aromatic heterocycles. The molecule has 0 spiro atoms. The molecule has 0 amide bonds. The Morgan fingerprint density at radius 1 is 1.19 bits per heavy atom. The molecular weight excluding hydrogens is 278 g/mol. The molecule has 0 fully saturated rings. The zero-order chi connectivity index (χ0) is 15.1. The molecule has 3 nitrogen and oxygen atoms in total. The fraction of sp³-hybridized carbons (Fsp3) is 0.471. The Labute approximate surface area is 132 Å². The average Bonchev–Trinajstić information content (AvgIpc) is 2.94. The molecule has 0 saturated heterocycles. The summed E-state index contributed by atoms with van der Waals surface area (Å²) in [6.07, 6.45) is 1.16. The van der Waals surface area contributed by atoms with Crippen molar-refractivity contribution in [2.24, 2.45) is 0 Å². The standard InChI is InChI=1S/C17H25N3S/c1-4-10-18-11-17-19-15(13-21-17)12-20(5-2)16-8-6-14(3)7-9-16/h6-9,13,18H,4-5,10-12H2,1-3H3. The molecule has 0 unspecified atom stereocenters. The van der Waals surface area contributed by atoms with Crippen LogP contribution in [-0.4, -0.2) is 18.1 Å². The molecule has 1 N–H and O–H groups in total. The molecule has 0 saturated carbocycles. The topological polar surface area (TPSA) is 28.2 Å². The van der Waals surface area contributed by atoms with Crippen molar-refractivity contribution in [1.82, 2.24) is 10.3 Å². The maximum Gasteiger partial charge on any atom is 0.107 e. The van der Waals surface area contributed by atoms with E-state index in [0.29, 0.717) is 0 Å². The van der Waals surface area contributed by atoms with Crippen LogP contribution in [0.15, 0.2) is 29.6 Å². The number of aryl methyl sites for hydroxylation is 1. The Hall–Kier alpha value is -1.39. The van der Waals surface area contributed by atoms with Gasteiger partial charge in [-0.15, -0.1) is 11.3 Å². The number of aromatic nitrogens is 1. The van der Waals surface area contributed by atoms with Crippen LogP contribution < -0.4 is 10.2 Å². The van der Waals surface area contributed by atoms with Crippen LogP contribution in [0.2, 0.25) is 0 Å².